The molecule has 3 nitrogen and oxygen atoms in total. The molecule has 2 aromatic heterocycles. The van der Waals surface area contributed by atoms with E-state index >= 15 is 0 Å². The van der Waals surface area contributed by atoms with E-state index in [4.69, 9.17) is 5.73 Å². The summed E-state index contributed by atoms with van der Waals surface area (Å²) in [5.41, 5.74) is 15.4. The normalized spacial score (nSPS) is 11.6. The molecule has 110 valence electrons. The number of rotatable bonds is 1. The van der Waals surface area contributed by atoms with Gasteiger partial charge in [0.2, 0.25) is 0 Å². The van der Waals surface area contributed by atoms with Crippen molar-refractivity contribution >= 4 is 22.4 Å². The van der Waals surface area contributed by atoms with Crippen LogP contribution in [0.3, 0.4) is 0 Å². The zero-order chi connectivity index (χ0) is 15.4. The Morgan fingerprint density at radius 1 is 0.818 bits per heavy atom. The van der Waals surface area contributed by atoms with Gasteiger partial charge in [-0.05, 0) is 44.0 Å². The van der Waals surface area contributed by atoms with E-state index in [2.05, 4.69) is 78.3 Å². The first kappa shape index (κ1) is 13.0. The van der Waals surface area contributed by atoms with Crippen LogP contribution in [0.25, 0.3) is 22.4 Å². The van der Waals surface area contributed by atoms with E-state index in [1.807, 2.05) is 0 Å². The Morgan fingerprint density at radius 2 is 1.45 bits per heavy atom. The van der Waals surface area contributed by atoms with Crippen LogP contribution in [0.4, 0.5) is 5.69 Å². The number of anilines is 1. The second-order valence-corrected chi connectivity index (χ2v) is 5.94. The van der Waals surface area contributed by atoms with Gasteiger partial charge in [0.25, 0.3) is 0 Å². The fourth-order valence-electron chi connectivity index (χ4n) is 3.44. The quantitative estimate of drug-likeness (QED) is 0.554. The average Bonchev–Trinajstić information content (AvgIpc) is 2.95. The van der Waals surface area contributed by atoms with Crippen molar-refractivity contribution < 1.29 is 0 Å². The molecule has 0 atom stereocenters. The van der Waals surface area contributed by atoms with E-state index in [1.54, 1.807) is 0 Å². The van der Waals surface area contributed by atoms with Crippen LogP contribution < -0.4 is 5.73 Å². The van der Waals surface area contributed by atoms with Crippen LogP contribution in [0.2, 0.25) is 0 Å². The SMILES string of the molecule is Cc1cccc(C)c1-n1c2ccccc2n2c(C)c(N)cc12. The molecule has 0 saturated carbocycles. The fraction of sp³-hybridized carbons (Fsp3) is 0.158. The number of aromatic nitrogens is 2. The monoisotopic (exact) mass is 289 g/mol. The average molecular weight is 289 g/mol. The van der Waals surface area contributed by atoms with Crippen LogP contribution in [-0.4, -0.2) is 8.97 Å². The molecule has 0 radical (unpaired) electrons. The standard InChI is InChI=1S/C19H19N3/c1-12-7-6-8-13(2)19(12)22-17-10-5-4-9-16(17)21-14(3)15(20)11-18(21)22/h4-11H,20H2,1-3H3. The minimum atomic E-state index is 0.834. The summed E-state index contributed by atoms with van der Waals surface area (Å²) in [6.45, 7) is 6.39. The highest BCUT2D eigenvalue weighted by atomic mass is 15.1. The number of fused-ring (bicyclic) bond motifs is 3. The lowest BCUT2D eigenvalue weighted by atomic mass is 10.1. The van der Waals surface area contributed by atoms with Crippen molar-refractivity contribution in [1.29, 1.82) is 0 Å². The molecule has 4 rings (SSSR count). The maximum Gasteiger partial charge on any atom is 0.124 e. The van der Waals surface area contributed by atoms with Gasteiger partial charge in [0.05, 0.1) is 22.4 Å². The smallest absolute Gasteiger partial charge is 0.124 e. The highest BCUT2D eigenvalue weighted by molar-refractivity contribution is 5.87. The number of hydrogen-bond acceptors (Lipinski definition) is 1. The number of para-hydroxylation sites is 3. The van der Waals surface area contributed by atoms with Crippen LogP contribution in [0.1, 0.15) is 16.8 Å². The third kappa shape index (κ3) is 1.56. The fourth-order valence-corrected chi connectivity index (χ4v) is 3.44. The van der Waals surface area contributed by atoms with Gasteiger partial charge in [0, 0.05) is 11.8 Å². The minimum absolute atomic E-state index is 0.834. The van der Waals surface area contributed by atoms with Crippen molar-refractivity contribution in [3.63, 3.8) is 0 Å². The molecule has 4 aromatic rings. The Hall–Kier alpha value is -2.68. The largest absolute Gasteiger partial charge is 0.397 e. The first-order chi connectivity index (χ1) is 10.6. The lowest BCUT2D eigenvalue weighted by Crippen LogP contribution is -1.99. The van der Waals surface area contributed by atoms with Gasteiger partial charge in [0.1, 0.15) is 5.65 Å². The minimum Gasteiger partial charge on any atom is -0.397 e. The lowest BCUT2D eigenvalue weighted by Gasteiger charge is -2.12. The van der Waals surface area contributed by atoms with Crippen molar-refractivity contribution in [3.05, 3.63) is 65.4 Å². The Bertz CT molecular complexity index is 998. The molecule has 2 aromatic carbocycles. The summed E-state index contributed by atoms with van der Waals surface area (Å²) in [5, 5.41) is 0. The molecule has 0 unspecified atom stereocenters. The van der Waals surface area contributed by atoms with Gasteiger partial charge in [-0.1, -0.05) is 30.3 Å². The molecule has 0 bridgehead atoms. The zero-order valence-electron chi connectivity index (χ0n) is 13.1. The number of hydrogen-bond donors (Lipinski definition) is 1. The van der Waals surface area contributed by atoms with E-state index in [9.17, 15) is 0 Å². The second-order valence-electron chi connectivity index (χ2n) is 5.94. The number of imidazole rings is 1. The summed E-state index contributed by atoms with van der Waals surface area (Å²) in [7, 11) is 0. The Labute approximate surface area is 129 Å². The maximum absolute atomic E-state index is 6.18. The van der Waals surface area contributed by atoms with E-state index in [-0.39, 0.29) is 0 Å². The molecule has 2 heterocycles. The first-order valence-electron chi connectivity index (χ1n) is 7.53. The van der Waals surface area contributed by atoms with E-state index in [1.165, 1.54) is 27.8 Å². The van der Waals surface area contributed by atoms with Gasteiger partial charge in [-0.25, -0.2) is 0 Å². The first-order valence-corrected chi connectivity index (χ1v) is 7.53. The lowest BCUT2D eigenvalue weighted by molar-refractivity contribution is 1.08. The predicted octanol–water partition coefficient (Wildman–Crippen LogP) is 4.39. The zero-order valence-corrected chi connectivity index (χ0v) is 13.1. The van der Waals surface area contributed by atoms with Gasteiger partial charge in [0.15, 0.2) is 0 Å². The number of aryl methyl sites for hydroxylation is 3. The molecule has 0 saturated heterocycles. The van der Waals surface area contributed by atoms with Crippen molar-refractivity contribution in [2.75, 3.05) is 5.73 Å². The Morgan fingerprint density at radius 3 is 2.14 bits per heavy atom. The summed E-state index contributed by atoms with van der Waals surface area (Å²) < 4.78 is 4.57. The second kappa shape index (κ2) is 4.41. The summed E-state index contributed by atoms with van der Waals surface area (Å²) in [5.74, 6) is 0. The molecule has 0 fully saturated rings. The van der Waals surface area contributed by atoms with Gasteiger partial charge in [-0.15, -0.1) is 0 Å². The molecule has 0 aliphatic heterocycles. The van der Waals surface area contributed by atoms with E-state index in [0.29, 0.717) is 0 Å². The topological polar surface area (TPSA) is 35.4 Å². The van der Waals surface area contributed by atoms with Crippen LogP contribution in [-0.2, 0) is 0 Å². The molecule has 0 aliphatic carbocycles. The Kier molecular flexibility index (Phi) is 2.61. The van der Waals surface area contributed by atoms with Crippen LogP contribution in [0.5, 0.6) is 0 Å². The van der Waals surface area contributed by atoms with E-state index < -0.39 is 0 Å². The number of nitrogen functional groups attached to an aromatic ring is 1. The molecule has 0 aliphatic rings. The van der Waals surface area contributed by atoms with E-state index in [0.717, 1.165) is 17.0 Å². The summed E-state index contributed by atoms with van der Waals surface area (Å²) in [4.78, 5) is 0. The maximum atomic E-state index is 6.18. The molecular weight excluding hydrogens is 270 g/mol. The van der Waals surface area contributed by atoms with Gasteiger partial charge >= 0.3 is 0 Å². The molecule has 3 heteroatoms. The van der Waals surface area contributed by atoms with Crippen LogP contribution in [0.15, 0.2) is 48.5 Å². The highest BCUT2D eigenvalue weighted by Crippen LogP contribution is 2.32. The number of nitrogens with two attached hydrogens (primary N) is 1. The molecule has 22 heavy (non-hydrogen) atoms. The van der Waals surface area contributed by atoms with Crippen molar-refractivity contribution in [1.82, 2.24) is 8.97 Å². The van der Waals surface area contributed by atoms with Crippen LogP contribution >= 0.6 is 0 Å². The number of nitrogens with zero attached hydrogens (tertiary/aromatic N) is 2. The van der Waals surface area contributed by atoms with Gasteiger partial charge in [-0.2, -0.15) is 0 Å². The van der Waals surface area contributed by atoms with Gasteiger partial charge < -0.3 is 5.73 Å². The highest BCUT2D eigenvalue weighted by Gasteiger charge is 2.17. The summed E-state index contributed by atoms with van der Waals surface area (Å²) in [6, 6.07) is 17.0. The third-order valence-corrected chi connectivity index (χ3v) is 4.52. The van der Waals surface area contributed by atoms with Crippen molar-refractivity contribution in [2.45, 2.75) is 20.8 Å². The van der Waals surface area contributed by atoms with Crippen LogP contribution in [0, 0.1) is 20.8 Å². The van der Waals surface area contributed by atoms with Gasteiger partial charge in [-0.3, -0.25) is 8.97 Å². The Balaban J connectivity index is 2.28. The third-order valence-electron chi connectivity index (χ3n) is 4.52. The molecule has 0 amide bonds. The molecule has 0 spiro atoms. The van der Waals surface area contributed by atoms with Crippen molar-refractivity contribution in [3.8, 4) is 5.69 Å². The number of benzene rings is 2. The predicted molar refractivity (Wildman–Crippen MR) is 92.9 cm³/mol. The summed E-state index contributed by atoms with van der Waals surface area (Å²) in [6.07, 6.45) is 0. The molecular formula is C19H19N3. The van der Waals surface area contributed by atoms with Crippen molar-refractivity contribution in [2.24, 2.45) is 0 Å². The molecule has 2 N–H and O–H groups in total. The summed E-state index contributed by atoms with van der Waals surface area (Å²) >= 11 is 0.